The molecule has 1 aliphatic carbocycles. The molecule has 2 aliphatic rings. The average Bonchev–Trinajstić information content (AvgIpc) is 3.50. The molecule has 0 radical (unpaired) electrons. The summed E-state index contributed by atoms with van der Waals surface area (Å²) >= 11 is 0. The number of nitrogens with zero attached hydrogens (tertiary/aromatic N) is 1. The summed E-state index contributed by atoms with van der Waals surface area (Å²) in [6.45, 7) is 0.947. The predicted octanol–water partition coefficient (Wildman–Crippen LogP) is 0.729. The molecule has 0 unspecified atom stereocenters. The summed E-state index contributed by atoms with van der Waals surface area (Å²) in [5.74, 6) is 2.11. The van der Waals surface area contributed by atoms with E-state index in [1.807, 2.05) is 0 Å². The minimum absolute atomic E-state index is 0.0376. The molecule has 3 rings (SSSR count). The molecule has 2 N–H and O–H groups in total. The van der Waals surface area contributed by atoms with Gasteiger partial charge in [0, 0.05) is 30.6 Å². The lowest BCUT2D eigenvalue weighted by atomic mass is 9.95. The average molecular weight is 389 g/mol. The molecule has 0 atom stereocenters. The second-order valence-electron chi connectivity index (χ2n) is 6.90. The highest BCUT2D eigenvalue weighted by atomic mass is 32.2. The molecule has 0 bridgehead atoms. The summed E-state index contributed by atoms with van der Waals surface area (Å²) in [6, 6.07) is 6.13. The van der Waals surface area contributed by atoms with Crippen LogP contribution in [0.25, 0.3) is 0 Å². The van der Waals surface area contributed by atoms with Crippen LogP contribution in [0, 0.1) is 18.3 Å². The molecule has 2 fully saturated rings. The van der Waals surface area contributed by atoms with E-state index in [1.165, 1.54) is 24.3 Å². The van der Waals surface area contributed by atoms with Gasteiger partial charge in [-0.1, -0.05) is 5.92 Å². The minimum atomic E-state index is -3.67. The van der Waals surface area contributed by atoms with Crippen LogP contribution in [-0.4, -0.2) is 50.8 Å². The first-order chi connectivity index (χ1) is 12.9. The second kappa shape index (κ2) is 8.11. The topological polar surface area (TPSA) is 95.6 Å². The van der Waals surface area contributed by atoms with Crippen LogP contribution in [0.5, 0.6) is 0 Å². The Bertz CT molecular complexity index is 846. The van der Waals surface area contributed by atoms with Crippen molar-refractivity contribution in [3.05, 3.63) is 29.8 Å². The summed E-state index contributed by atoms with van der Waals surface area (Å²) in [6.07, 6.45) is 8.48. The minimum Gasteiger partial charge on any atom is -0.353 e. The van der Waals surface area contributed by atoms with Crippen molar-refractivity contribution in [1.82, 2.24) is 14.9 Å². The van der Waals surface area contributed by atoms with Crippen LogP contribution in [0.4, 0.5) is 0 Å². The van der Waals surface area contributed by atoms with Crippen LogP contribution in [0.2, 0.25) is 0 Å². The lowest BCUT2D eigenvalue weighted by Gasteiger charge is -2.31. The number of hydrogen-bond donors (Lipinski definition) is 2. The van der Waals surface area contributed by atoms with E-state index in [-0.39, 0.29) is 29.2 Å². The summed E-state index contributed by atoms with van der Waals surface area (Å²) in [7, 11) is -3.67. The number of rotatable bonds is 6. The fourth-order valence-electron chi connectivity index (χ4n) is 3.07. The molecule has 1 saturated carbocycles. The maximum atomic E-state index is 12.6. The normalized spacial score (nSPS) is 18.0. The van der Waals surface area contributed by atoms with Crippen molar-refractivity contribution >= 4 is 21.8 Å². The molecule has 8 heteroatoms. The number of nitrogens with one attached hydrogen (secondary N) is 2. The highest BCUT2D eigenvalue weighted by Gasteiger charge is 2.31. The zero-order valence-electron chi connectivity index (χ0n) is 15.0. The van der Waals surface area contributed by atoms with Gasteiger partial charge in [-0.3, -0.25) is 9.59 Å². The largest absolute Gasteiger partial charge is 0.353 e. The summed E-state index contributed by atoms with van der Waals surface area (Å²) in [4.78, 5) is 26.5. The molecule has 1 saturated heterocycles. The van der Waals surface area contributed by atoms with Crippen molar-refractivity contribution in [3.63, 3.8) is 0 Å². The first-order valence-corrected chi connectivity index (χ1v) is 10.5. The molecule has 2 amide bonds. The van der Waals surface area contributed by atoms with Gasteiger partial charge in [-0.15, -0.1) is 6.42 Å². The molecule has 1 aromatic carbocycles. The van der Waals surface area contributed by atoms with Crippen molar-refractivity contribution in [3.8, 4) is 12.3 Å². The van der Waals surface area contributed by atoms with Crippen LogP contribution in [0.1, 0.15) is 36.0 Å². The van der Waals surface area contributed by atoms with E-state index >= 15 is 0 Å². The Hall–Kier alpha value is -2.37. The maximum Gasteiger partial charge on any atom is 0.253 e. The van der Waals surface area contributed by atoms with E-state index in [4.69, 9.17) is 6.42 Å². The van der Waals surface area contributed by atoms with E-state index in [0.717, 1.165) is 12.8 Å². The number of benzene rings is 1. The highest BCUT2D eigenvalue weighted by molar-refractivity contribution is 7.89. The van der Waals surface area contributed by atoms with Crippen molar-refractivity contribution < 1.29 is 18.0 Å². The zero-order valence-corrected chi connectivity index (χ0v) is 15.8. The van der Waals surface area contributed by atoms with Gasteiger partial charge in [-0.05, 0) is 49.9 Å². The molecule has 0 spiro atoms. The zero-order chi connectivity index (χ0) is 19.4. The van der Waals surface area contributed by atoms with Gasteiger partial charge in [0.1, 0.15) is 0 Å². The Morgan fingerprint density at radius 1 is 1.11 bits per heavy atom. The number of carbonyl (C=O) groups excluding carboxylic acids is 2. The third-order valence-electron chi connectivity index (χ3n) is 4.85. The lowest BCUT2D eigenvalue weighted by molar-refractivity contribution is -0.126. The van der Waals surface area contributed by atoms with Gasteiger partial charge < -0.3 is 10.2 Å². The predicted molar refractivity (Wildman–Crippen MR) is 100 cm³/mol. The standard InChI is InChI=1S/C19H23N3O4S/c1-2-11-20-27(25,26)17-7-3-15(4-8-17)19(24)22-12-9-14(10-13-22)18(23)21-16-5-6-16/h1,3-4,7-8,14,16,20H,5-6,9-13H2,(H,21,23). The van der Waals surface area contributed by atoms with Gasteiger partial charge in [-0.2, -0.15) is 4.72 Å². The van der Waals surface area contributed by atoms with Gasteiger partial charge in [0.15, 0.2) is 0 Å². The first-order valence-electron chi connectivity index (χ1n) is 9.03. The Morgan fingerprint density at radius 3 is 2.30 bits per heavy atom. The first kappa shape index (κ1) is 19.4. The molecule has 0 aromatic heterocycles. The SMILES string of the molecule is C#CCNS(=O)(=O)c1ccc(C(=O)N2CCC(C(=O)NC3CC3)CC2)cc1. The molecule has 1 aliphatic heterocycles. The van der Waals surface area contributed by atoms with Gasteiger partial charge in [0.25, 0.3) is 5.91 Å². The summed E-state index contributed by atoms with van der Waals surface area (Å²) < 4.78 is 26.3. The van der Waals surface area contributed by atoms with Crippen LogP contribution in [0.15, 0.2) is 29.2 Å². The lowest BCUT2D eigenvalue weighted by Crippen LogP contribution is -2.43. The van der Waals surface area contributed by atoms with Crippen molar-refractivity contribution in [2.45, 2.75) is 36.6 Å². The highest BCUT2D eigenvalue weighted by Crippen LogP contribution is 2.23. The van der Waals surface area contributed by atoms with E-state index in [1.54, 1.807) is 4.90 Å². The molecule has 1 aromatic rings. The molecule has 1 heterocycles. The van der Waals surface area contributed by atoms with E-state index in [0.29, 0.717) is 37.5 Å². The third kappa shape index (κ3) is 4.87. The number of piperidine rings is 1. The van der Waals surface area contributed by atoms with Crippen LogP contribution < -0.4 is 10.0 Å². The van der Waals surface area contributed by atoms with Crippen molar-refractivity contribution in [2.75, 3.05) is 19.6 Å². The van der Waals surface area contributed by atoms with E-state index < -0.39 is 10.0 Å². The molecular formula is C19H23N3O4S. The number of amides is 2. The Kier molecular flexibility index (Phi) is 5.82. The van der Waals surface area contributed by atoms with Crippen LogP contribution in [0.3, 0.4) is 0 Å². The van der Waals surface area contributed by atoms with Gasteiger partial charge in [0.05, 0.1) is 11.4 Å². The number of terminal acetylenes is 1. The number of sulfonamides is 1. The third-order valence-corrected chi connectivity index (χ3v) is 6.27. The number of likely N-dealkylation sites (tertiary alicyclic amines) is 1. The van der Waals surface area contributed by atoms with Crippen molar-refractivity contribution in [1.29, 1.82) is 0 Å². The maximum absolute atomic E-state index is 12.6. The van der Waals surface area contributed by atoms with E-state index in [2.05, 4.69) is 16.0 Å². The molecular weight excluding hydrogens is 366 g/mol. The van der Waals surface area contributed by atoms with Crippen LogP contribution >= 0.6 is 0 Å². The number of hydrogen-bond acceptors (Lipinski definition) is 4. The molecule has 27 heavy (non-hydrogen) atoms. The van der Waals surface area contributed by atoms with E-state index in [9.17, 15) is 18.0 Å². The quantitative estimate of drug-likeness (QED) is 0.701. The summed E-state index contributed by atoms with van der Waals surface area (Å²) in [5, 5.41) is 3.02. The fourth-order valence-corrected chi connectivity index (χ4v) is 4.01. The fraction of sp³-hybridized carbons (Fsp3) is 0.474. The molecule has 7 nitrogen and oxygen atoms in total. The Morgan fingerprint density at radius 2 is 1.74 bits per heavy atom. The summed E-state index contributed by atoms with van der Waals surface area (Å²) in [5.41, 5.74) is 0.423. The monoisotopic (exact) mass is 389 g/mol. The van der Waals surface area contributed by atoms with Gasteiger partial charge in [0.2, 0.25) is 15.9 Å². The second-order valence-corrected chi connectivity index (χ2v) is 8.67. The smallest absolute Gasteiger partial charge is 0.253 e. The number of carbonyl (C=O) groups is 2. The molecule has 144 valence electrons. The van der Waals surface area contributed by atoms with Gasteiger partial charge >= 0.3 is 0 Å². The van der Waals surface area contributed by atoms with Gasteiger partial charge in [-0.25, -0.2) is 8.42 Å². The van der Waals surface area contributed by atoms with Crippen LogP contribution in [-0.2, 0) is 14.8 Å². The Labute approximate surface area is 159 Å². The Balaban J connectivity index is 1.57. The van der Waals surface area contributed by atoms with Crippen molar-refractivity contribution in [2.24, 2.45) is 5.92 Å².